The van der Waals surface area contributed by atoms with E-state index in [4.69, 9.17) is 14.2 Å². The first-order valence-electron chi connectivity index (χ1n) is 20.1. The van der Waals surface area contributed by atoms with Crippen molar-refractivity contribution in [3.63, 3.8) is 0 Å². The fourth-order valence-corrected chi connectivity index (χ4v) is 6.05. The van der Waals surface area contributed by atoms with E-state index in [9.17, 15) is 19.5 Å². The average Bonchev–Trinajstić information content (AvgIpc) is 3.03. The Bertz CT molecular complexity index is 767. The molecule has 0 spiro atoms. The lowest BCUT2D eigenvalue weighted by Gasteiger charge is -2.34. The molecular formula is C40H77NO7. The average molecular weight is 684 g/mol. The van der Waals surface area contributed by atoms with Crippen LogP contribution in [0.15, 0.2) is 0 Å². The quantitative estimate of drug-likeness (QED) is 0.0369. The molecule has 0 aromatic rings. The molecule has 0 amide bonds. The molecule has 0 aliphatic rings. The Morgan fingerprint density at radius 2 is 0.938 bits per heavy atom. The highest BCUT2D eigenvalue weighted by atomic mass is 16.6. The summed E-state index contributed by atoms with van der Waals surface area (Å²) < 4.78 is 16.8. The van der Waals surface area contributed by atoms with Gasteiger partial charge in [-0.25, -0.2) is 0 Å². The Balaban J connectivity index is 3.92. The minimum atomic E-state index is -1.13. The second-order valence-electron chi connectivity index (χ2n) is 14.9. The van der Waals surface area contributed by atoms with Crippen molar-refractivity contribution in [2.45, 2.75) is 199 Å². The van der Waals surface area contributed by atoms with Crippen molar-refractivity contribution in [1.82, 2.24) is 0 Å². The fraction of sp³-hybridized carbons (Fsp3) is 0.925. The molecule has 0 aromatic carbocycles. The number of unbranched alkanes of at least 4 members (excludes halogenated alkanes) is 22. The van der Waals surface area contributed by atoms with Crippen molar-refractivity contribution in [2.24, 2.45) is 0 Å². The van der Waals surface area contributed by atoms with Crippen molar-refractivity contribution in [1.29, 1.82) is 0 Å². The van der Waals surface area contributed by atoms with Crippen molar-refractivity contribution < 1.29 is 38.2 Å². The number of esters is 2. The topological polar surface area (TPSA) is 102 Å². The molecule has 0 N–H and O–H groups in total. The van der Waals surface area contributed by atoms with Crippen LogP contribution in [0, 0.1) is 0 Å². The Kier molecular flexibility index (Phi) is 31.4. The maximum Gasteiger partial charge on any atom is 0.306 e. The van der Waals surface area contributed by atoms with Gasteiger partial charge >= 0.3 is 11.9 Å². The van der Waals surface area contributed by atoms with Gasteiger partial charge in [-0.2, -0.15) is 0 Å². The predicted octanol–water partition coefficient (Wildman–Crippen LogP) is 8.86. The van der Waals surface area contributed by atoms with E-state index in [1.54, 1.807) is 21.1 Å². The summed E-state index contributed by atoms with van der Waals surface area (Å²) in [6, 6.07) is -0.716. The fourth-order valence-electron chi connectivity index (χ4n) is 6.05. The zero-order valence-electron chi connectivity index (χ0n) is 32.2. The molecule has 0 saturated carbocycles. The smallest absolute Gasteiger partial charge is 0.306 e. The normalized spacial score (nSPS) is 12.9. The number of hydrogen-bond acceptors (Lipinski definition) is 7. The number of carbonyl (C=O) groups excluding carboxylic acids is 3. The van der Waals surface area contributed by atoms with Gasteiger partial charge in [-0.15, -0.1) is 0 Å². The summed E-state index contributed by atoms with van der Waals surface area (Å²) in [5.41, 5.74) is 0. The Hall–Kier alpha value is -1.67. The lowest BCUT2D eigenvalue weighted by Crippen LogP contribution is -2.55. The number of ether oxygens (including phenoxy) is 3. The van der Waals surface area contributed by atoms with E-state index < -0.39 is 18.1 Å². The van der Waals surface area contributed by atoms with E-state index in [-0.39, 0.29) is 42.7 Å². The lowest BCUT2D eigenvalue weighted by molar-refractivity contribution is -0.889. The molecule has 0 aromatic heterocycles. The number of carboxylic acid groups (broad SMARTS) is 1. The predicted molar refractivity (Wildman–Crippen MR) is 194 cm³/mol. The van der Waals surface area contributed by atoms with E-state index >= 15 is 0 Å². The van der Waals surface area contributed by atoms with Gasteiger partial charge in [-0.3, -0.25) is 9.59 Å². The van der Waals surface area contributed by atoms with Gasteiger partial charge in [0, 0.05) is 19.3 Å². The zero-order valence-corrected chi connectivity index (χ0v) is 32.2. The summed E-state index contributed by atoms with van der Waals surface area (Å²) in [6.07, 6.45) is 31.0. The van der Waals surface area contributed by atoms with Crippen LogP contribution in [-0.2, 0) is 28.6 Å². The molecule has 0 saturated heterocycles. The van der Waals surface area contributed by atoms with Gasteiger partial charge in [-0.1, -0.05) is 155 Å². The minimum Gasteiger partial charge on any atom is -0.544 e. The number of carboxylic acids is 1. The highest BCUT2D eigenvalue weighted by Crippen LogP contribution is 2.16. The van der Waals surface area contributed by atoms with Crippen LogP contribution in [0.3, 0.4) is 0 Å². The summed E-state index contributed by atoms with van der Waals surface area (Å²) in [4.78, 5) is 36.0. The van der Waals surface area contributed by atoms with Crippen LogP contribution in [0.2, 0.25) is 0 Å². The summed E-state index contributed by atoms with van der Waals surface area (Å²) >= 11 is 0. The molecule has 0 rings (SSSR count). The van der Waals surface area contributed by atoms with Crippen LogP contribution in [0.25, 0.3) is 0 Å². The van der Waals surface area contributed by atoms with Crippen LogP contribution in [-0.4, -0.2) is 75.5 Å². The van der Waals surface area contributed by atoms with E-state index in [0.29, 0.717) is 12.8 Å². The molecule has 2 atom stereocenters. The molecule has 0 aliphatic carbocycles. The molecule has 0 aliphatic heterocycles. The van der Waals surface area contributed by atoms with Crippen LogP contribution < -0.4 is 5.11 Å². The maximum absolute atomic E-state index is 12.5. The maximum atomic E-state index is 12.5. The molecular weight excluding hydrogens is 606 g/mol. The summed E-state index contributed by atoms with van der Waals surface area (Å²) in [7, 11) is 5.38. The second kappa shape index (κ2) is 32.5. The van der Waals surface area contributed by atoms with Crippen molar-refractivity contribution >= 4 is 17.9 Å². The summed E-state index contributed by atoms with van der Waals surface area (Å²) in [6.45, 7) is 4.44. The molecule has 2 unspecified atom stereocenters. The minimum absolute atomic E-state index is 0.0447. The van der Waals surface area contributed by atoms with Gasteiger partial charge in [0.25, 0.3) is 0 Å². The SMILES string of the molecule is CCCCCCCCCCCCCCCCCCCCCCCCC(=O)OC(COCCC(C(=O)[O-])[N+](C)(C)C)COC(=O)CCCC. The van der Waals surface area contributed by atoms with Crippen molar-refractivity contribution in [3.8, 4) is 0 Å². The third kappa shape index (κ3) is 30.4. The van der Waals surface area contributed by atoms with Gasteiger partial charge in [0.15, 0.2) is 6.10 Å². The van der Waals surface area contributed by atoms with Crippen LogP contribution in [0.4, 0.5) is 0 Å². The third-order valence-electron chi connectivity index (χ3n) is 9.24. The number of rotatable bonds is 36. The van der Waals surface area contributed by atoms with Crippen LogP contribution >= 0.6 is 0 Å². The molecule has 48 heavy (non-hydrogen) atoms. The Morgan fingerprint density at radius 1 is 0.542 bits per heavy atom. The van der Waals surface area contributed by atoms with Crippen LogP contribution in [0.5, 0.6) is 0 Å². The van der Waals surface area contributed by atoms with Gasteiger partial charge in [0.05, 0.1) is 40.3 Å². The number of nitrogens with zero attached hydrogens (tertiary/aromatic N) is 1. The van der Waals surface area contributed by atoms with Crippen molar-refractivity contribution in [3.05, 3.63) is 0 Å². The zero-order chi connectivity index (χ0) is 35.7. The van der Waals surface area contributed by atoms with E-state index in [0.717, 1.165) is 32.1 Å². The number of hydrogen-bond donors (Lipinski definition) is 0. The molecule has 8 nitrogen and oxygen atoms in total. The van der Waals surface area contributed by atoms with E-state index in [2.05, 4.69) is 6.92 Å². The number of carbonyl (C=O) groups is 3. The molecule has 284 valence electrons. The number of likely N-dealkylation sites (N-methyl/N-ethyl adjacent to an activating group) is 1. The first-order valence-corrected chi connectivity index (χ1v) is 20.1. The standard InChI is InChI=1S/C40H77NO7/c1-6-8-10-11-12-13-14-15-16-17-18-19-20-21-22-23-24-25-26-27-28-29-31-39(43)48-36(35-47-38(42)30-9-7-2)34-46-33-32-37(40(44)45)41(3,4)5/h36-37H,6-35H2,1-5H3. The monoisotopic (exact) mass is 684 g/mol. The molecule has 0 fully saturated rings. The van der Waals surface area contributed by atoms with Gasteiger partial charge in [0.1, 0.15) is 12.6 Å². The van der Waals surface area contributed by atoms with Gasteiger partial charge in [0.2, 0.25) is 0 Å². The van der Waals surface area contributed by atoms with Gasteiger partial charge < -0.3 is 28.6 Å². The van der Waals surface area contributed by atoms with Gasteiger partial charge in [-0.05, 0) is 12.8 Å². The lowest BCUT2D eigenvalue weighted by atomic mass is 10.0. The highest BCUT2D eigenvalue weighted by molar-refractivity contribution is 5.70. The van der Waals surface area contributed by atoms with E-state index in [1.165, 1.54) is 122 Å². The van der Waals surface area contributed by atoms with E-state index in [1.807, 2.05) is 6.92 Å². The molecule has 0 heterocycles. The van der Waals surface area contributed by atoms with Crippen molar-refractivity contribution in [2.75, 3.05) is 41.0 Å². The first kappa shape index (κ1) is 46.3. The number of quaternary nitrogens is 1. The van der Waals surface area contributed by atoms with Crippen LogP contribution in [0.1, 0.15) is 187 Å². The Morgan fingerprint density at radius 3 is 1.33 bits per heavy atom. The summed E-state index contributed by atoms with van der Waals surface area (Å²) in [5, 5.41) is 11.5. The molecule has 8 heteroatoms. The summed E-state index contributed by atoms with van der Waals surface area (Å²) in [5.74, 6) is -1.76. The molecule has 0 radical (unpaired) electrons. The Labute approximate surface area is 296 Å². The second-order valence-corrected chi connectivity index (χ2v) is 14.9. The first-order chi connectivity index (χ1) is 23.1. The third-order valence-corrected chi connectivity index (χ3v) is 9.24. The molecule has 0 bridgehead atoms. The number of aliphatic carboxylic acids is 1. The largest absolute Gasteiger partial charge is 0.544 e. The highest BCUT2D eigenvalue weighted by Gasteiger charge is 2.25.